The van der Waals surface area contributed by atoms with E-state index in [4.69, 9.17) is 5.11 Å². The first-order valence-corrected chi connectivity index (χ1v) is 7.27. The number of nitro benzene ring substituents is 1. The highest BCUT2D eigenvalue weighted by atomic mass is 16.6. The van der Waals surface area contributed by atoms with Crippen LogP contribution in [0.4, 0.5) is 17.1 Å². The van der Waals surface area contributed by atoms with Crippen molar-refractivity contribution in [3.63, 3.8) is 0 Å². The van der Waals surface area contributed by atoms with Crippen molar-refractivity contribution >= 4 is 17.1 Å². The van der Waals surface area contributed by atoms with Crippen molar-refractivity contribution in [3.05, 3.63) is 28.3 Å². The maximum Gasteiger partial charge on any atom is 0.315 e. The summed E-state index contributed by atoms with van der Waals surface area (Å²) in [5.74, 6) is 0. The molecule has 6 heteroatoms. The number of aliphatic hydroxyl groups is 1. The number of benzene rings is 1. The van der Waals surface area contributed by atoms with Gasteiger partial charge in [-0.15, -0.1) is 0 Å². The Kier molecular flexibility index (Phi) is 6.42. The van der Waals surface area contributed by atoms with Crippen molar-refractivity contribution < 1.29 is 10.0 Å². The highest BCUT2D eigenvalue weighted by Crippen LogP contribution is 2.33. The van der Waals surface area contributed by atoms with Gasteiger partial charge in [0.1, 0.15) is 11.4 Å². The van der Waals surface area contributed by atoms with Gasteiger partial charge in [0.2, 0.25) is 0 Å². The van der Waals surface area contributed by atoms with Gasteiger partial charge in [-0.25, -0.2) is 0 Å². The Bertz CT molecular complexity index is 475. The van der Waals surface area contributed by atoms with Crippen LogP contribution in [-0.2, 0) is 0 Å². The molecule has 1 aromatic carbocycles. The smallest absolute Gasteiger partial charge is 0.315 e. The lowest BCUT2D eigenvalue weighted by Gasteiger charge is -2.24. The van der Waals surface area contributed by atoms with E-state index in [1.54, 1.807) is 18.2 Å². The van der Waals surface area contributed by atoms with Crippen LogP contribution in [0.3, 0.4) is 0 Å². The fraction of sp³-hybridized carbons (Fsp3) is 0.600. The number of nitrogens with zero attached hydrogens (tertiary/aromatic N) is 1. The molecule has 0 amide bonds. The topological polar surface area (TPSA) is 87.4 Å². The molecule has 21 heavy (non-hydrogen) atoms. The third kappa shape index (κ3) is 5.23. The number of hydrogen-bond acceptors (Lipinski definition) is 5. The molecule has 0 aromatic heterocycles. The molecule has 0 aliphatic heterocycles. The summed E-state index contributed by atoms with van der Waals surface area (Å²) in [5.41, 5.74) is 0.986. The van der Waals surface area contributed by atoms with E-state index in [0.29, 0.717) is 30.9 Å². The third-order valence-corrected chi connectivity index (χ3v) is 3.33. The molecule has 1 rings (SSSR count). The van der Waals surface area contributed by atoms with Gasteiger partial charge in [-0.2, -0.15) is 0 Å². The van der Waals surface area contributed by atoms with Crippen LogP contribution in [0.15, 0.2) is 18.2 Å². The van der Waals surface area contributed by atoms with E-state index in [2.05, 4.69) is 10.6 Å². The normalized spacial score (nSPS) is 11.2. The molecular weight excluding hydrogens is 270 g/mol. The van der Waals surface area contributed by atoms with Crippen molar-refractivity contribution in [1.82, 2.24) is 0 Å². The van der Waals surface area contributed by atoms with E-state index in [9.17, 15) is 10.1 Å². The first-order valence-electron chi connectivity index (χ1n) is 7.27. The first kappa shape index (κ1) is 17.2. The molecule has 6 nitrogen and oxygen atoms in total. The molecule has 118 valence electrons. The minimum absolute atomic E-state index is 0.0748. The second-order valence-corrected chi connectivity index (χ2v) is 5.88. The molecule has 0 fully saturated rings. The van der Waals surface area contributed by atoms with E-state index >= 15 is 0 Å². The van der Waals surface area contributed by atoms with Crippen LogP contribution in [0.25, 0.3) is 0 Å². The van der Waals surface area contributed by atoms with Gasteiger partial charge in [-0.1, -0.05) is 26.8 Å². The van der Waals surface area contributed by atoms with E-state index in [0.717, 1.165) is 6.42 Å². The molecule has 0 atom stereocenters. The second kappa shape index (κ2) is 7.83. The van der Waals surface area contributed by atoms with Crippen molar-refractivity contribution in [2.75, 3.05) is 30.3 Å². The van der Waals surface area contributed by atoms with Gasteiger partial charge in [0.25, 0.3) is 0 Å². The van der Waals surface area contributed by atoms with Gasteiger partial charge in [-0.05, 0) is 30.4 Å². The zero-order valence-corrected chi connectivity index (χ0v) is 13.0. The maximum absolute atomic E-state index is 11.3. The van der Waals surface area contributed by atoms with Crippen molar-refractivity contribution in [2.45, 2.75) is 33.6 Å². The van der Waals surface area contributed by atoms with Gasteiger partial charge in [0.15, 0.2) is 0 Å². The largest absolute Gasteiger partial charge is 0.396 e. The van der Waals surface area contributed by atoms with E-state index in [-0.39, 0.29) is 22.6 Å². The number of para-hydroxylation sites is 1. The average molecular weight is 295 g/mol. The zero-order valence-electron chi connectivity index (χ0n) is 13.0. The molecule has 0 unspecified atom stereocenters. The Hall–Kier alpha value is -1.82. The number of nitrogens with one attached hydrogen (secondary N) is 2. The monoisotopic (exact) mass is 295 g/mol. The van der Waals surface area contributed by atoms with E-state index < -0.39 is 0 Å². The summed E-state index contributed by atoms with van der Waals surface area (Å²) in [4.78, 5) is 11.0. The molecule has 0 radical (unpaired) electrons. The van der Waals surface area contributed by atoms with Crippen LogP contribution in [0, 0.1) is 15.5 Å². The van der Waals surface area contributed by atoms with Gasteiger partial charge >= 0.3 is 5.69 Å². The van der Waals surface area contributed by atoms with E-state index in [1.807, 2.05) is 20.8 Å². The Morgan fingerprint density at radius 3 is 2.43 bits per heavy atom. The number of rotatable bonds is 9. The standard InChI is InChI=1S/C15H25N3O3/c1-4-9-16-12-6-5-7-13(14(12)18(20)21)17-11-15(2,3)8-10-19/h5-7,16-17,19H,4,8-11H2,1-3H3. The predicted octanol–water partition coefficient (Wildman–Crippen LogP) is 3.24. The SMILES string of the molecule is CCCNc1cccc(NCC(C)(C)CCO)c1[N+](=O)[O-]. The molecule has 3 N–H and O–H groups in total. The lowest BCUT2D eigenvalue weighted by Crippen LogP contribution is -2.24. The molecular formula is C15H25N3O3. The van der Waals surface area contributed by atoms with Crippen LogP contribution in [0.5, 0.6) is 0 Å². The van der Waals surface area contributed by atoms with Crippen molar-refractivity contribution in [3.8, 4) is 0 Å². The molecule has 0 spiro atoms. The van der Waals surface area contributed by atoms with E-state index in [1.165, 1.54) is 0 Å². The molecule has 0 bridgehead atoms. The Balaban J connectivity index is 2.93. The lowest BCUT2D eigenvalue weighted by molar-refractivity contribution is -0.383. The molecule has 0 aliphatic rings. The Morgan fingerprint density at radius 2 is 1.90 bits per heavy atom. The van der Waals surface area contributed by atoms with Gasteiger partial charge < -0.3 is 15.7 Å². The number of nitro groups is 1. The maximum atomic E-state index is 11.3. The highest BCUT2D eigenvalue weighted by Gasteiger charge is 2.22. The van der Waals surface area contributed by atoms with Crippen LogP contribution >= 0.6 is 0 Å². The first-order chi connectivity index (χ1) is 9.91. The molecule has 1 aromatic rings. The summed E-state index contributed by atoms with van der Waals surface area (Å²) in [6.45, 7) is 7.40. The van der Waals surface area contributed by atoms with Crippen LogP contribution < -0.4 is 10.6 Å². The number of hydrogen-bond donors (Lipinski definition) is 3. The average Bonchev–Trinajstić information content (AvgIpc) is 2.42. The molecule has 0 saturated heterocycles. The Labute approximate surface area is 125 Å². The predicted molar refractivity (Wildman–Crippen MR) is 85.9 cm³/mol. The summed E-state index contributed by atoms with van der Waals surface area (Å²) in [7, 11) is 0. The van der Waals surface area contributed by atoms with Crippen LogP contribution in [0.2, 0.25) is 0 Å². The summed E-state index contributed by atoms with van der Waals surface area (Å²) in [5, 5.41) is 26.6. The minimum Gasteiger partial charge on any atom is -0.396 e. The Morgan fingerprint density at radius 1 is 1.29 bits per heavy atom. The quantitative estimate of drug-likeness (QED) is 0.481. The van der Waals surface area contributed by atoms with Gasteiger partial charge in [0.05, 0.1) is 4.92 Å². The zero-order chi connectivity index (χ0) is 15.9. The minimum atomic E-state index is -0.362. The van der Waals surface area contributed by atoms with Crippen LogP contribution in [0.1, 0.15) is 33.6 Å². The second-order valence-electron chi connectivity index (χ2n) is 5.88. The number of anilines is 2. The van der Waals surface area contributed by atoms with Crippen molar-refractivity contribution in [2.24, 2.45) is 5.41 Å². The van der Waals surface area contributed by atoms with Gasteiger partial charge in [-0.3, -0.25) is 10.1 Å². The third-order valence-electron chi connectivity index (χ3n) is 3.33. The molecule has 0 saturated carbocycles. The van der Waals surface area contributed by atoms with Gasteiger partial charge in [0, 0.05) is 19.7 Å². The fourth-order valence-corrected chi connectivity index (χ4v) is 2.01. The van der Waals surface area contributed by atoms with Crippen molar-refractivity contribution in [1.29, 1.82) is 0 Å². The lowest BCUT2D eigenvalue weighted by atomic mass is 9.89. The van der Waals surface area contributed by atoms with Crippen LogP contribution in [-0.4, -0.2) is 29.7 Å². The molecule has 0 heterocycles. The number of aliphatic hydroxyl groups excluding tert-OH is 1. The summed E-state index contributed by atoms with van der Waals surface area (Å²) >= 11 is 0. The summed E-state index contributed by atoms with van der Waals surface area (Å²) in [6, 6.07) is 5.23. The summed E-state index contributed by atoms with van der Waals surface area (Å²) < 4.78 is 0. The summed E-state index contributed by atoms with van der Waals surface area (Å²) in [6.07, 6.45) is 1.54. The highest BCUT2D eigenvalue weighted by molar-refractivity contribution is 5.76. The fourth-order valence-electron chi connectivity index (χ4n) is 2.01. The molecule has 0 aliphatic carbocycles.